The van der Waals surface area contributed by atoms with Gasteiger partial charge in [0.2, 0.25) is 5.91 Å². The van der Waals surface area contributed by atoms with Crippen LogP contribution in [-0.4, -0.2) is 28.7 Å². The Bertz CT molecular complexity index is 1170. The van der Waals surface area contributed by atoms with Gasteiger partial charge in [-0.25, -0.2) is 9.29 Å². The highest BCUT2D eigenvalue weighted by molar-refractivity contribution is 6.31. The molecule has 1 aliphatic heterocycles. The Hall–Kier alpha value is -3.51. The second kappa shape index (κ2) is 8.93. The molecule has 0 saturated carbocycles. The fraction of sp³-hybridized carbons (Fsp3) is 0.160. The lowest BCUT2D eigenvalue weighted by Crippen LogP contribution is -2.47. The van der Waals surface area contributed by atoms with Crippen molar-refractivity contribution in [2.75, 3.05) is 4.90 Å². The summed E-state index contributed by atoms with van der Waals surface area (Å²) in [6.07, 6.45) is -0.196. The van der Waals surface area contributed by atoms with Crippen molar-refractivity contribution >= 4 is 35.0 Å². The fourth-order valence-electron chi connectivity index (χ4n) is 3.95. The minimum atomic E-state index is -1.07. The van der Waals surface area contributed by atoms with Crippen LogP contribution in [0, 0.1) is 5.82 Å². The number of halogens is 2. The number of rotatable bonds is 5. The first-order valence-corrected chi connectivity index (χ1v) is 10.5. The highest BCUT2D eigenvalue weighted by atomic mass is 35.5. The Kier molecular flexibility index (Phi) is 6.06. The largest absolute Gasteiger partial charge is 0.319 e. The average Bonchev–Trinajstić information content (AvgIpc) is 3.09. The molecule has 0 spiro atoms. The van der Waals surface area contributed by atoms with Crippen LogP contribution < -0.4 is 4.90 Å². The Balaban J connectivity index is 1.75. The number of nitrogens with zero attached hydrogens (tertiary/aromatic N) is 2. The Labute approximate surface area is 190 Å². The van der Waals surface area contributed by atoms with Crippen LogP contribution in [0.3, 0.4) is 0 Å². The van der Waals surface area contributed by atoms with Gasteiger partial charge in [0, 0.05) is 5.02 Å². The van der Waals surface area contributed by atoms with Crippen molar-refractivity contribution in [3.63, 3.8) is 0 Å². The zero-order chi connectivity index (χ0) is 22.8. The van der Waals surface area contributed by atoms with E-state index in [2.05, 4.69) is 0 Å². The number of carbonyl (C=O) groups is 3. The molecule has 0 aliphatic carbocycles. The smallest absolute Gasteiger partial charge is 0.258 e. The molecule has 2 unspecified atom stereocenters. The maximum Gasteiger partial charge on any atom is 0.258 e. The quantitative estimate of drug-likeness (QED) is 0.513. The van der Waals surface area contributed by atoms with E-state index in [1.165, 1.54) is 23.1 Å². The highest BCUT2D eigenvalue weighted by Gasteiger charge is 2.46. The van der Waals surface area contributed by atoms with Gasteiger partial charge >= 0.3 is 0 Å². The molecule has 1 heterocycles. The summed E-state index contributed by atoms with van der Waals surface area (Å²) in [5.41, 5.74) is 0.986. The van der Waals surface area contributed by atoms with Crippen molar-refractivity contribution in [1.29, 1.82) is 0 Å². The van der Waals surface area contributed by atoms with Gasteiger partial charge in [0.25, 0.3) is 11.8 Å². The number of amides is 3. The van der Waals surface area contributed by atoms with Gasteiger partial charge in [-0.2, -0.15) is 0 Å². The molecule has 0 aromatic heterocycles. The molecule has 3 amide bonds. The summed E-state index contributed by atoms with van der Waals surface area (Å²) in [6.45, 7) is 1.76. The third-order valence-electron chi connectivity index (χ3n) is 5.58. The molecule has 0 bridgehead atoms. The predicted molar refractivity (Wildman–Crippen MR) is 120 cm³/mol. The van der Waals surface area contributed by atoms with Crippen LogP contribution in [0.25, 0.3) is 0 Å². The van der Waals surface area contributed by atoms with Crippen LogP contribution in [0.2, 0.25) is 5.02 Å². The third kappa shape index (κ3) is 4.01. The molecule has 0 radical (unpaired) electrons. The van der Waals surface area contributed by atoms with E-state index in [1.54, 1.807) is 37.3 Å². The number of hydrogen-bond donors (Lipinski definition) is 0. The lowest BCUT2D eigenvalue weighted by molar-refractivity contribution is -0.123. The van der Waals surface area contributed by atoms with Crippen molar-refractivity contribution in [1.82, 2.24) is 4.90 Å². The molecule has 7 heteroatoms. The van der Waals surface area contributed by atoms with Crippen molar-refractivity contribution < 1.29 is 18.8 Å². The van der Waals surface area contributed by atoms with Gasteiger partial charge in [0.05, 0.1) is 23.7 Å². The summed E-state index contributed by atoms with van der Waals surface area (Å²) in [5, 5.41) is 0.471. The summed E-state index contributed by atoms with van der Waals surface area (Å²) in [7, 11) is 0. The molecule has 1 aliphatic rings. The number of carbonyl (C=O) groups excluding carboxylic acids is 3. The number of anilines is 1. The lowest BCUT2D eigenvalue weighted by atomic mass is 10.0. The molecule has 162 valence electrons. The predicted octanol–water partition coefficient (Wildman–Crippen LogP) is 5.01. The van der Waals surface area contributed by atoms with Crippen molar-refractivity contribution in [3.05, 3.63) is 101 Å². The molecule has 0 N–H and O–H groups in total. The van der Waals surface area contributed by atoms with Gasteiger partial charge in [-0.15, -0.1) is 0 Å². The zero-order valence-corrected chi connectivity index (χ0v) is 18.0. The first kappa shape index (κ1) is 21.7. The van der Waals surface area contributed by atoms with E-state index in [9.17, 15) is 18.8 Å². The van der Waals surface area contributed by atoms with Gasteiger partial charge in [-0.3, -0.25) is 14.4 Å². The number of hydrogen-bond acceptors (Lipinski definition) is 3. The monoisotopic (exact) mass is 450 g/mol. The van der Waals surface area contributed by atoms with Crippen LogP contribution in [0.1, 0.15) is 35.3 Å². The van der Waals surface area contributed by atoms with E-state index in [-0.39, 0.29) is 12.0 Å². The van der Waals surface area contributed by atoms with Crippen molar-refractivity contribution in [3.8, 4) is 0 Å². The molecule has 1 saturated heterocycles. The second-order valence-electron chi connectivity index (χ2n) is 7.54. The summed E-state index contributed by atoms with van der Waals surface area (Å²) >= 11 is 5.93. The summed E-state index contributed by atoms with van der Waals surface area (Å²) in [6, 6.07) is 19.4. The molecule has 3 aromatic carbocycles. The van der Waals surface area contributed by atoms with E-state index < -0.39 is 35.6 Å². The third-order valence-corrected chi connectivity index (χ3v) is 5.83. The Morgan fingerprint density at radius 1 is 1.00 bits per heavy atom. The topological polar surface area (TPSA) is 57.7 Å². The van der Waals surface area contributed by atoms with Crippen molar-refractivity contribution in [2.45, 2.75) is 25.4 Å². The maximum absolute atomic E-state index is 14.5. The van der Waals surface area contributed by atoms with Crippen LogP contribution in [0.4, 0.5) is 10.1 Å². The molecule has 5 nitrogen and oxygen atoms in total. The van der Waals surface area contributed by atoms with Gasteiger partial charge in [0.1, 0.15) is 11.9 Å². The summed E-state index contributed by atoms with van der Waals surface area (Å²) < 4.78 is 14.5. The number of imide groups is 1. The lowest BCUT2D eigenvalue weighted by Gasteiger charge is -2.33. The minimum absolute atomic E-state index is 0.152. The summed E-state index contributed by atoms with van der Waals surface area (Å²) in [4.78, 5) is 42.1. The molecule has 3 aromatic rings. The first-order valence-electron chi connectivity index (χ1n) is 10.1. The average molecular weight is 451 g/mol. The minimum Gasteiger partial charge on any atom is -0.319 e. The Morgan fingerprint density at radius 3 is 2.28 bits per heavy atom. The molecule has 4 rings (SSSR count). The normalized spacial score (nSPS) is 16.8. The van der Waals surface area contributed by atoms with Gasteiger partial charge in [0.15, 0.2) is 0 Å². The SMILES string of the molecule is CC(c1ccccc1)N(C(=O)c1ccccc1F)C1CC(=O)N(c2ccc(Cl)cc2)C1=O. The van der Waals surface area contributed by atoms with Crippen LogP contribution in [0.5, 0.6) is 0 Å². The van der Waals surface area contributed by atoms with E-state index in [0.29, 0.717) is 10.7 Å². The van der Waals surface area contributed by atoms with Crippen LogP contribution in [-0.2, 0) is 9.59 Å². The van der Waals surface area contributed by atoms with Crippen molar-refractivity contribution in [2.24, 2.45) is 0 Å². The van der Waals surface area contributed by atoms with E-state index in [4.69, 9.17) is 11.6 Å². The zero-order valence-electron chi connectivity index (χ0n) is 17.2. The van der Waals surface area contributed by atoms with Gasteiger partial charge in [-0.1, -0.05) is 54.1 Å². The molecule has 1 fully saturated rings. The Morgan fingerprint density at radius 2 is 1.62 bits per heavy atom. The van der Waals surface area contributed by atoms with Crippen LogP contribution in [0.15, 0.2) is 78.9 Å². The standard InChI is InChI=1S/C25H20ClFN2O3/c1-16(17-7-3-2-4-8-17)28(24(31)20-9-5-6-10-21(20)27)22-15-23(30)29(25(22)32)19-13-11-18(26)12-14-19/h2-14,16,22H,15H2,1H3. The molecule has 2 atom stereocenters. The molecule has 32 heavy (non-hydrogen) atoms. The number of benzene rings is 3. The van der Waals surface area contributed by atoms with E-state index in [0.717, 1.165) is 10.5 Å². The maximum atomic E-state index is 14.5. The fourth-order valence-corrected chi connectivity index (χ4v) is 4.07. The highest BCUT2D eigenvalue weighted by Crippen LogP contribution is 2.33. The first-order chi connectivity index (χ1) is 15.4. The van der Waals surface area contributed by atoms with E-state index in [1.807, 2.05) is 30.3 Å². The second-order valence-corrected chi connectivity index (χ2v) is 7.98. The summed E-state index contributed by atoms with van der Waals surface area (Å²) in [5.74, 6) is -2.31. The molecular formula is C25H20ClFN2O3. The van der Waals surface area contributed by atoms with E-state index >= 15 is 0 Å². The molecular weight excluding hydrogens is 431 g/mol. The van der Waals surface area contributed by atoms with Gasteiger partial charge in [-0.05, 0) is 48.9 Å². The van der Waals surface area contributed by atoms with Gasteiger partial charge < -0.3 is 4.90 Å². The van der Waals surface area contributed by atoms with Crippen LogP contribution >= 0.6 is 11.6 Å².